The first-order valence-corrected chi connectivity index (χ1v) is 5.94. The van der Waals surface area contributed by atoms with Crippen molar-refractivity contribution in [1.29, 1.82) is 0 Å². The van der Waals surface area contributed by atoms with Crippen LogP contribution in [-0.4, -0.2) is 17.7 Å². The number of carbonyl (C=O) groups is 1. The third-order valence-electron chi connectivity index (χ3n) is 2.72. The van der Waals surface area contributed by atoms with Gasteiger partial charge in [-0.1, -0.05) is 18.3 Å². The fourth-order valence-corrected chi connectivity index (χ4v) is 1.63. The smallest absolute Gasteiger partial charge is 0.231 e. The number of nitrogens with one attached hydrogen (secondary N) is 1. The fourth-order valence-electron chi connectivity index (χ4n) is 1.52. The zero-order valence-electron chi connectivity index (χ0n) is 9.93. The predicted molar refractivity (Wildman–Crippen MR) is 70.4 cm³/mol. The van der Waals surface area contributed by atoms with Crippen molar-refractivity contribution >= 4 is 23.1 Å². The van der Waals surface area contributed by atoms with E-state index in [0.717, 1.165) is 11.3 Å². The van der Waals surface area contributed by atoms with Crippen LogP contribution in [0.5, 0.6) is 11.5 Å². The van der Waals surface area contributed by atoms with Crippen LogP contribution in [0.4, 0.5) is 0 Å². The molecule has 1 amide bonds. The van der Waals surface area contributed by atoms with E-state index in [1.54, 1.807) is 6.92 Å². The van der Waals surface area contributed by atoms with Crippen molar-refractivity contribution in [2.24, 2.45) is 11.7 Å². The minimum absolute atomic E-state index is 0.180. The van der Waals surface area contributed by atoms with Gasteiger partial charge in [0, 0.05) is 6.54 Å². The zero-order valence-corrected chi connectivity index (χ0v) is 10.8. The Morgan fingerprint density at radius 3 is 2.94 bits per heavy atom. The maximum Gasteiger partial charge on any atom is 0.231 e. The molecule has 0 radical (unpaired) electrons. The number of amides is 1. The third-order valence-corrected chi connectivity index (χ3v) is 3.08. The lowest BCUT2D eigenvalue weighted by Crippen LogP contribution is -2.35. The molecule has 1 aromatic rings. The van der Waals surface area contributed by atoms with E-state index in [4.69, 9.17) is 27.4 Å². The maximum absolute atomic E-state index is 11.7. The average Bonchev–Trinajstić information content (AvgIpc) is 2.82. The minimum atomic E-state index is -0.464. The van der Waals surface area contributed by atoms with Crippen LogP contribution >= 0.6 is 12.2 Å². The van der Waals surface area contributed by atoms with Crippen molar-refractivity contribution in [1.82, 2.24) is 5.32 Å². The molecule has 0 saturated carbocycles. The summed E-state index contributed by atoms with van der Waals surface area (Å²) in [6.07, 6.45) is 0. The molecule has 6 heteroatoms. The van der Waals surface area contributed by atoms with E-state index in [-0.39, 0.29) is 17.7 Å². The van der Waals surface area contributed by atoms with E-state index in [9.17, 15) is 4.79 Å². The largest absolute Gasteiger partial charge is 0.454 e. The summed E-state index contributed by atoms with van der Waals surface area (Å²) in [5, 5.41) is 2.77. The van der Waals surface area contributed by atoms with Crippen molar-refractivity contribution in [3.05, 3.63) is 23.8 Å². The maximum atomic E-state index is 11.7. The second kappa shape index (κ2) is 5.22. The zero-order chi connectivity index (χ0) is 13.1. The van der Waals surface area contributed by atoms with Crippen molar-refractivity contribution < 1.29 is 14.3 Å². The summed E-state index contributed by atoms with van der Waals surface area (Å²) in [5.74, 6) is 0.778. The number of carbonyl (C=O) groups excluding carboxylic acids is 1. The number of benzene rings is 1. The van der Waals surface area contributed by atoms with E-state index in [1.807, 2.05) is 18.2 Å². The lowest BCUT2D eigenvalue weighted by molar-refractivity contribution is -0.122. The topological polar surface area (TPSA) is 73.6 Å². The number of thiocarbonyl (C=S) groups is 1. The lowest BCUT2D eigenvalue weighted by Gasteiger charge is -2.10. The summed E-state index contributed by atoms with van der Waals surface area (Å²) in [4.78, 5) is 11.8. The lowest BCUT2D eigenvalue weighted by atomic mass is 10.1. The molecule has 1 atom stereocenters. The Morgan fingerprint density at radius 1 is 1.50 bits per heavy atom. The molecule has 1 aliphatic heterocycles. The number of rotatable bonds is 4. The van der Waals surface area contributed by atoms with Crippen LogP contribution in [-0.2, 0) is 11.3 Å². The number of hydrogen-bond donors (Lipinski definition) is 2. The molecule has 18 heavy (non-hydrogen) atoms. The van der Waals surface area contributed by atoms with Crippen molar-refractivity contribution in [3.8, 4) is 11.5 Å². The van der Waals surface area contributed by atoms with Crippen LogP contribution in [0.3, 0.4) is 0 Å². The summed E-state index contributed by atoms with van der Waals surface area (Å²) >= 11 is 4.77. The van der Waals surface area contributed by atoms with Gasteiger partial charge in [-0.2, -0.15) is 0 Å². The summed E-state index contributed by atoms with van der Waals surface area (Å²) < 4.78 is 10.5. The standard InChI is InChI=1S/C12H14N2O3S/c1-7(11(13)18)12(15)14-5-8-2-3-9-10(4-8)17-6-16-9/h2-4,7H,5-6H2,1H3,(H2,13,18)(H,14,15). The van der Waals surface area contributed by atoms with Crippen LogP contribution in [0.2, 0.25) is 0 Å². The van der Waals surface area contributed by atoms with Gasteiger partial charge >= 0.3 is 0 Å². The normalized spacial score (nSPS) is 14.1. The Hall–Kier alpha value is -1.82. The highest BCUT2D eigenvalue weighted by molar-refractivity contribution is 7.80. The first kappa shape index (κ1) is 12.6. The van der Waals surface area contributed by atoms with Gasteiger partial charge in [0.05, 0.1) is 10.9 Å². The van der Waals surface area contributed by atoms with E-state index < -0.39 is 5.92 Å². The Balaban J connectivity index is 1.94. The summed E-state index contributed by atoms with van der Waals surface area (Å²) in [6, 6.07) is 5.54. The Kier molecular flexibility index (Phi) is 3.66. The highest BCUT2D eigenvalue weighted by Gasteiger charge is 2.16. The molecule has 2 rings (SSSR count). The van der Waals surface area contributed by atoms with E-state index in [1.165, 1.54) is 0 Å². The molecule has 5 nitrogen and oxygen atoms in total. The van der Waals surface area contributed by atoms with Gasteiger partial charge < -0.3 is 20.5 Å². The number of nitrogens with two attached hydrogens (primary N) is 1. The predicted octanol–water partition coefficient (Wildman–Crippen LogP) is 0.954. The van der Waals surface area contributed by atoms with Gasteiger partial charge in [-0.25, -0.2) is 0 Å². The molecule has 0 aromatic heterocycles. The van der Waals surface area contributed by atoms with Crippen molar-refractivity contribution in [2.45, 2.75) is 13.5 Å². The molecule has 1 aliphatic rings. The molecule has 1 unspecified atom stereocenters. The SMILES string of the molecule is CC(C(=O)NCc1ccc2c(c1)OCO2)C(N)=S. The van der Waals surface area contributed by atoms with Gasteiger partial charge in [-0.15, -0.1) is 0 Å². The number of ether oxygens (including phenoxy) is 2. The molecular formula is C12H14N2O3S. The highest BCUT2D eigenvalue weighted by atomic mass is 32.1. The molecule has 1 heterocycles. The molecule has 0 bridgehead atoms. The van der Waals surface area contributed by atoms with Crippen LogP contribution in [0.15, 0.2) is 18.2 Å². The average molecular weight is 266 g/mol. The quantitative estimate of drug-likeness (QED) is 0.794. The molecule has 1 aromatic carbocycles. The summed E-state index contributed by atoms with van der Waals surface area (Å²) in [6.45, 7) is 2.32. The first-order valence-electron chi connectivity index (χ1n) is 5.53. The van der Waals surface area contributed by atoms with Gasteiger partial charge in [0.2, 0.25) is 12.7 Å². The molecule has 0 saturated heterocycles. The molecule has 96 valence electrons. The van der Waals surface area contributed by atoms with Crippen LogP contribution in [0.25, 0.3) is 0 Å². The summed E-state index contributed by atoms with van der Waals surface area (Å²) in [5.41, 5.74) is 6.35. The Labute approximate surface area is 110 Å². The number of fused-ring (bicyclic) bond motifs is 1. The van der Waals surface area contributed by atoms with Gasteiger partial charge in [-0.05, 0) is 24.6 Å². The second-order valence-electron chi connectivity index (χ2n) is 4.03. The summed E-state index contributed by atoms with van der Waals surface area (Å²) in [7, 11) is 0. The van der Waals surface area contributed by atoms with Gasteiger partial charge in [0.1, 0.15) is 0 Å². The second-order valence-corrected chi connectivity index (χ2v) is 4.50. The van der Waals surface area contributed by atoms with E-state index in [0.29, 0.717) is 12.3 Å². The van der Waals surface area contributed by atoms with Gasteiger partial charge in [-0.3, -0.25) is 4.79 Å². The molecule has 0 aliphatic carbocycles. The molecule has 0 fully saturated rings. The van der Waals surface area contributed by atoms with Crippen molar-refractivity contribution in [2.75, 3.05) is 6.79 Å². The Bertz CT molecular complexity index is 490. The van der Waals surface area contributed by atoms with Crippen LogP contribution in [0, 0.1) is 5.92 Å². The van der Waals surface area contributed by atoms with Gasteiger partial charge in [0.25, 0.3) is 0 Å². The first-order chi connectivity index (χ1) is 8.58. The van der Waals surface area contributed by atoms with Gasteiger partial charge in [0.15, 0.2) is 11.5 Å². The number of hydrogen-bond acceptors (Lipinski definition) is 4. The third kappa shape index (κ3) is 2.70. The van der Waals surface area contributed by atoms with E-state index in [2.05, 4.69) is 5.32 Å². The fraction of sp³-hybridized carbons (Fsp3) is 0.333. The molecular weight excluding hydrogens is 252 g/mol. The van der Waals surface area contributed by atoms with Crippen molar-refractivity contribution in [3.63, 3.8) is 0 Å². The molecule has 3 N–H and O–H groups in total. The van der Waals surface area contributed by atoms with Crippen LogP contribution < -0.4 is 20.5 Å². The monoisotopic (exact) mass is 266 g/mol. The Morgan fingerprint density at radius 2 is 2.22 bits per heavy atom. The minimum Gasteiger partial charge on any atom is -0.454 e. The highest BCUT2D eigenvalue weighted by Crippen LogP contribution is 2.32. The molecule has 0 spiro atoms. The van der Waals surface area contributed by atoms with E-state index >= 15 is 0 Å². The van der Waals surface area contributed by atoms with Crippen LogP contribution in [0.1, 0.15) is 12.5 Å².